The van der Waals surface area contributed by atoms with Gasteiger partial charge in [-0.1, -0.05) is 71.0 Å². The van der Waals surface area contributed by atoms with Crippen LogP contribution in [0.1, 0.15) is 0 Å². The van der Waals surface area contributed by atoms with E-state index in [1.165, 1.54) is 6.07 Å². The third-order valence-electron chi connectivity index (χ3n) is 1.53. The van der Waals surface area contributed by atoms with E-state index in [4.69, 9.17) is 27.9 Å². The Balaban J connectivity index is 2.54. The van der Waals surface area contributed by atoms with Crippen molar-refractivity contribution in [2.24, 2.45) is 0 Å². The number of halogens is 5. The van der Waals surface area contributed by atoms with E-state index in [0.29, 0.717) is 15.7 Å². The fourth-order valence-electron chi connectivity index (χ4n) is 0.875. The van der Waals surface area contributed by atoms with E-state index in [2.05, 4.69) is 53.1 Å². The van der Waals surface area contributed by atoms with E-state index in [-0.39, 0.29) is 6.61 Å². The van der Waals surface area contributed by atoms with Crippen molar-refractivity contribution in [1.82, 2.24) is 0 Å². The van der Waals surface area contributed by atoms with Crippen LogP contribution in [-0.4, -0.2) is 14.8 Å². The highest BCUT2D eigenvalue weighted by Crippen LogP contribution is 2.33. The Morgan fingerprint density at radius 3 is 2.47 bits per heavy atom. The third kappa shape index (κ3) is 6.29. The predicted octanol–water partition coefficient (Wildman–Crippen LogP) is 5.38. The molecule has 0 saturated carbocycles. The van der Waals surface area contributed by atoms with Crippen LogP contribution in [0, 0.1) is 0 Å². The van der Waals surface area contributed by atoms with Gasteiger partial charge in [-0.15, -0.1) is 0 Å². The zero-order chi connectivity index (χ0) is 13.1. The van der Waals surface area contributed by atoms with Gasteiger partial charge in [0, 0.05) is 5.69 Å². The molecular weight excluding hydrogens is 465 g/mol. The number of alkyl halides is 3. The lowest BCUT2D eigenvalue weighted by atomic mass is 10.3. The summed E-state index contributed by atoms with van der Waals surface area (Å²) in [6.07, 6.45) is -0.592. The second-order valence-corrected chi connectivity index (χ2v) is 11.0. The molecule has 1 rings (SSSR count). The number of ether oxygens (including phenoxy) is 1. The van der Waals surface area contributed by atoms with E-state index in [1.807, 2.05) is 0 Å². The first-order valence-corrected chi connectivity index (χ1v) is 7.37. The Morgan fingerprint density at radius 1 is 1.29 bits per heavy atom. The summed E-state index contributed by atoms with van der Waals surface area (Å²) in [7, 11) is 0. The lowest BCUT2D eigenvalue weighted by Gasteiger charge is -2.13. The summed E-state index contributed by atoms with van der Waals surface area (Å²) in [5.74, 6) is 0. The van der Waals surface area contributed by atoms with Gasteiger partial charge in [-0.25, -0.2) is 4.79 Å². The molecule has 17 heavy (non-hydrogen) atoms. The molecule has 8 heteroatoms. The number of amides is 1. The fourth-order valence-corrected chi connectivity index (χ4v) is 1.52. The molecule has 0 aliphatic carbocycles. The zero-order valence-electron chi connectivity index (χ0n) is 8.15. The molecule has 0 aliphatic rings. The average molecular weight is 471 g/mol. The minimum absolute atomic E-state index is 0.0974. The van der Waals surface area contributed by atoms with Gasteiger partial charge in [0.15, 0.2) is 2.14 Å². The molecule has 0 aromatic heterocycles. The molecule has 1 aromatic rings. The maximum Gasteiger partial charge on any atom is 0.411 e. The van der Waals surface area contributed by atoms with Gasteiger partial charge < -0.3 is 4.74 Å². The van der Waals surface area contributed by atoms with E-state index < -0.39 is 8.24 Å². The average Bonchev–Trinajstić information content (AvgIpc) is 2.20. The normalized spacial score (nSPS) is 11.1. The second-order valence-electron chi connectivity index (χ2n) is 2.95. The largest absolute Gasteiger partial charge is 0.446 e. The van der Waals surface area contributed by atoms with E-state index in [0.717, 1.165) is 0 Å². The van der Waals surface area contributed by atoms with Crippen LogP contribution in [0.5, 0.6) is 0 Å². The molecule has 0 saturated heterocycles. The van der Waals surface area contributed by atoms with Crippen molar-refractivity contribution in [2.45, 2.75) is 2.14 Å². The second kappa shape index (κ2) is 6.61. The van der Waals surface area contributed by atoms with Gasteiger partial charge in [-0.3, -0.25) is 5.32 Å². The van der Waals surface area contributed by atoms with Crippen molar-refractivity contribution in [1.29, 1.82) is 0 Å². The molecule has 0 heterocycles. The quantitative estimate of drug-likeness (QED) is 0.589. The molecule has 0 spiro atoms. The molecule has 1 N–H and O–H groups in total. The number of nitrogens with one attached hydrogen (secondary N) is 1. The molecule has 0 bridgehead atoms. The monoisotopic (exact) mass is 467 g/mol. The molecule has 1 amide bonds. The van der Waals surface area contributed by atoms with Gasteiger partial charge >= 0.3 is 6.09 Å². The molecule has 94 valence electrons. The van der Waals surface area contributed by atoms with Gasteiger partial charge in [0.25, 0.3) is 0 Å². The van der Waals surface area contributed by atoms with Crippen LogP contribution in [0.15, 0.2) is 18.2 Å². The maximum atomic E-state index is 11.4. The van der Waals surface area contributed by atoms with Crippen LogP contribution in [-0.2, 0) is 4.74 Å². The van der Waals surface area contributed by atoms with Crippen LogP contribution in [0.2, 0.25) is 10.0 Å². The highest BCUT2D eigenvalue weighted by atomic mass is 80.0. The van der Waals surface area contributed by atoms with Crippen LogP contribution in [0.25, 0.3) is 0 Å². The minimum Gasteiger partial charge on any atom is -0.446 e. The molecule has 3 nitrogen and oxygen atoms in total. The third-order valence-corrected chi connectivity index (χ3v) is 2.96. The Labute approximate surface area is 134 Å². The van der Waals surface area contributed by atoms with Crippen molar-refractivity contribution in [3.63, 3.8) is 0 Å². The Morgan fingerprint density at radius 2 is 1.94 bits per heavy atom. The smallest absolute Gasteiger partial charge is 0.411 e. The maximum absolute atomic E-state index is 11.4. The highest BCUT2D eigenvalue weighted by molar-refractivity contribution is 9.39. The fraction of sp³-hybridized carbons (Fsp3) is 0.222. The van der Waals surface area contributed by atoms with Crippen molar-refractivity contribution >= 4 is 82.8 Å². The van der Waals surface area contributed by atoms with Gasteiger partial charge in [-0.05, 0) is 18.2 Å². The number of anilines is 1. The zero-order valence-corrected chi connectivity index (χ0v) is 14.4. The first kappa shape index (κ1) is 15.6. The number of carbonyl (C=O) groups is 1. The number of hydrogen-bond donors (Lipinski definition) is 1. The molecule has 0 fully saturated rings. The standard InChI is InChI=1S/C9H6Br3Cl2NO2/c10-9(11,12)4-17-8(16)15-5-1-2-6(13)7(14)3-5/h1-3H,4H2,(H,15,16). The summed E-state index contributed by atoms with van der Waals surface area (Å²) < 4.78 is 4.29. The van der Waals surface area contributed by atoms with Crippen molar-refractivity contribution in [3.05, 3.63) is 28.2 Å². The SMILES string of the molecule is O=C(Nc1ccc(Cl)c(Cl)c1)OCC(Br)(Br)Br. The van der Waals surface area contributed by atoms with Crippen molar-refractivity contribution in [2.75, 3.05) is 11.9 Å². The van der Waals surface area contributed by atoms with Gasteiger partial charge in [-0.2, -0.15) is 0 Å². The van der Waals surface area contributed by atoms with E-state index in [9.17, 15) is 4.79 Å². The van der Waals surface area contributed by atoms with Gasteiger partial charge in [0.1, 0.15) is 6.61 Å². The first-order chi connectivity index (χ1) is 7.78. The summed E-state index contributed by atoms with van der Waals surface area (Å²) in [4.78, 5) is 11.4. The summed E-state index contributed by atoms with van der Waals surface area (Å²) in [5.41, 5.74) is 0.508. The van der Waals surface area contributed by atoms with Crippen LogP contribution >= 0.6 is 71.0 Å². The van der Waals surface area contributed by atoms with Crippen LogP contribution < -0.4 is 5.32 Å². The summed E-state index contributed by atoms with van der Waals surface area (Å²) in [6, 6.07) is 4.75. The minimum atomic E-state index is -0.623. The van der Waals surface area contributed by atoms with Crippen molar-refractivity contribution < 1.29 is 9.53 Å². The lowest BCUT2D eigenvalue weighted by molar-refractivity contribution is 0.166. The van der Waals surface area contributed by atoms with Crippen molar-refractivity contribution in [3.8, 4) is 0 Å². The van der Waals surface area contributed by atoms with Gasteiger partial charge in [0.05, 0.1) is 10.0 Å². The van der Waals surface area contributed by atoms with Crippen LogP contribution in [0.4, 0.5) is 10.5 Å². The number of rotatable bonds is 2. The number of benzene rings is 1. The summed E-state index contributed by atoms with van der Waals surface area (Å²) >= 11 is 21.2. The topological polar surface area (TPSA) is 38.3 Å². The Hall–Kier alpha value is 0.510. The first-order valence-electron chi connectivity index (χ1n) is 4.23. The van der Waals surface area contributed by atoms with E-state index >= 15 is 0 Å². The molecular formula is C9H6Br3Cl2NO2. The highest BCUT2D eigenvalue weighted by Gasteiger charge is 2.20. The predicted molar refractivity (Wildman–Crippen MR) is 80.9 cm³/mol. The number of carbonyl (C=O) groups excluding carboxylic acids is 1. The molecule has 1 aromatic carbocycles. The summed E-state index contributed by atoms with van der Waals surface area (Å²) in [6.45, 7) is 0.0974. The Kier molecular flexibility index (Phi) is 6.05. The molecule has 0 aliphatic heterocycles. The molecule has 0 radical (unpaired) electrons. The Bertz CT molecular complexity index is 423. The van der Waals surface area contributed by atoms with E-state index in [1.54, 1.807) is 12.1 Å². The van der Waals surface area contributed by atoms with Gasteiger partial charge in [0.2, 0.25) is 0 Å². The lowest BCUT2D eigenvalue weighted by Crippen LogP contribution is -2.20. The number of hydrogen-bond acceptors (Lipinski definition) is 2. The molecule has 0 unspecified atom stereocenters. The summed E-state index contributed by atoms with van der Waals surface area (Å²) in [5, 5.41) is 3.30. The van der Waals surface area contributed by atoms with Crippen LogP contribution in [0.3, 0.4) is 0 Å². The molecule has 0 atom stereocenters.